The number of hydrogen-bond acceptors (Lipinski definition) is 4. The van der Waals surface area contributed by atoms with Gasteiger partial charge in [-0.05, 0) is 49.6 Å². The van der Waals surface area contributed by atoms with Crippen LogP contribution >= 0.6 is 0 Å². The van der Waals surface area contributed by atoms with Gasteiger partial charge in [-0.2, -0.15) is 17.0 Å². The van der Waals surface area contributed by atoms with Crippen LogP contribution in [0, 0.1) is 6.92 Å². The van der Waals surface area contributed by atoms with E-state index in [-0.39, 0.29) is 6.04 Å². The number of nitrogens with zero attached hydrogens (tertiary/aromatic N) is 3. The van der Waals surface area contributed by atoms with Crippen molar-refractivity contribution in [3.05, 3.63) is 53.7 Å². The summed E-state index contributed by atoms with van der Waals surface area (Å²) in [5.74, 6) is 1.52. The van der Waals surface area contributed by atoms with E-state index in [9.17, 15) is 8.42 Å². The van der Waals surface area contributed by atoms with Crippen LogP contribution in [0.2, 0.25) is 0 Å². The summed E-state index contributed by atoms with van der Waals surface area (Å²) in [6.07, 6.45) is 4.96. The third-order valence-electron chi connectivity index (χ3n) is 4.14. The summed E-state index contributed by atoms with van der Waals surface area (Å²) in [6, 6.07) is 7.18. The van der Waals surface area contributed by atoms with Gasteiger partial charge in [0.25, 0.3) is 10.2 Å². The molecular weight excluding hydrogens is 314 g/mol. The Morgan fingerprint density at radius 1 is 1.30 bits per heavy atom. The van der Waals surface area contributed by atoms with E-state index in [0.717, 1.165) is 29.9 Å². The van der Waals surface area contributed by atoms with E-state index in [0.29, 0.717) is 13.1 Å². The number of pyridine rings is 1. The average Bonchev–Trinajstić information content (AvgIpc) is 3.16. The third-order valence-corrected chi connectivity index (χ3v) is 6.08. The minimum absolute atomic E-state index is 0.214. The molecule has 0 saturated carbocycles. The maximum atomic E-state index is 12.9. The van der Waals surface area contributed by atoms with Crippen molar-refractivity contribution < 1.29 is 12.8 Å². The second-order valence-electron chi connectivity index (χ2n) is 5.84. The van der Waals surface area contributed by atoms with Gasteiger partial charge in [0.05, 0.1) is 6.04 Å². The highest BCUT2D eigenvalue weighted by Gasteiger charge is 2.39. The Morgan fingerprint density at radius 3 is 2.70 bits per heavy atom. The van der Waals surface area contributed by atoms with Gasteiger partial charge < -0.3 is 4.42 Å². The Hall–Kier alpha value is -1.70. The molecule has 0 radical (unpaired) electrons. The van der Waals surface area contributed by atoms with E-state index in [4.69, 9.17) is 4.42 Å². The summed E-state index contributed by atoms with van der Waals surface area (Å²) in [5, 5.41) is 0. The summed E-state index contributed by atoms with van der Waals surface area (Å²) in [7, 11) is -1.93. The van der Waals surface area contributed by atoms with Crippen LogP contribution < -0.4 is 0 Å². The van der Waals surface area contributed by atoms with Gasteiger partial charge in [-0.15, -0.1) is 0 Å². The van der Waals surface area contributed by atoms with E-state index in [1.54, 1.807) is 23.7 Å². The minimum atomic E-state index is -3.54. The van der Waals surface area contributed by atoms with E-state index in [1.807, 2.05) is 31.2 Å². The zero-order valence-corrected chi connectivity index (χ0v) is 14.2. The van der Waals surface area contributed by atoms with Crippen molar-refractivity contribution in [1.29, 1.82) is 0 Å². The predicted molar refractivity (Wildman–Crippen MR) is 86.7 cm³/mol. The molecule has 1 fully saturated rings. The Morgan fingerprint density at radius 2 is 2.04 bits per heavy atom. The molecule has 124 valence electrons. The maximum absolute atomic E-state index is 12.9. The Bertz CT molecular complexity index is 758. The Labute approximate surface area is 136 Å². The third kappa shape index (κ3) is 3.31. The van der Waals surface area contributed by atoms with E-state index >= 15 is 0 Å². The Balaban J connectivity index is 1.80. The van der Waals surface area contributed by atoms with Gasteiger partial charge in [0.15, 0.2) is 0 Å². The first-order valence-corrected chi connectivity index (χ1v) is 9.06. The zero-order valence-electron chi connectivity index (χ0n) is 13.3. The molecule has 0 spiro atoms. The Kier molecular flexibility index (Phi) is 4.52. The second-order valence-corrected chi connectivity index (χ2v) is 7.82. The van der Waals surface area contributed by atoms with Crippen LogP contribution in [0.25, 0.3) is 0 Å². The number of aromatic nitrogens is 1. The lowest BCUT2D eigenvalue weighted by Crippen LogP contribution is -2.41. The lowest BCUT2D eigenvalue weighted by atomic mass is 10.2. The monoisotopic (exact) mass is 335 g/mol. The molecule has 1 atom stereocenters. The van der Waals surface area contributed by atoms with Crippen molar-refractivity contribution in [3.63, 3.8) is 0 Å². The maximum Gasteiger partial charge on any atom is 0.282 e. The highest BCUT2D eigenvalue weighted by atomic mass is 32.2. The molecule has 0 aliphatic carbocycles. The molecule has 2 aromatic heterocycles. The topological polar surface area (TPSA) is 66.7 Å². The summed E-state index contributed by atoms with van der Waals surface area (Å²) in [6.45, 7) is 2.71. The van der Waals surface area contributed by atoms with Gasteiger partial charge in [0, 0.05) is 32.5 Å². The average molecular weight is 335 g/mol. The summed E-state index contributed by atoms with van der Waals surface area (Å²) >= 11 is 0. The van der Waals surface area contributed by atoms with Crippen molar-refractivity contribution in [2.24, 2.45) is 0 Å². The molecule has 1 saturated heterocycles. The van der Waals surface area contributed by atoms with Crippen molar-refractivity contribution in [2.45, 2.75) is 32.4 Å². The summed E-state index contributed by atoms with van der Waals surface area (Å²) in [5.41, 5.74) is 0.913. The molecule has 6 nitrogen and oxygen atoms in total. The molecule has 0 unspecified atom stereocenters. The van der Waals surface area contributed by atoms with Gasteiger partial charge in [0.1, 0.15) is 11.5 Å². The summed E-state index contributed by atoms with van der Waals surface area (Å²) in [4.78, 5) is 3.96. The molecule has 1 aliphatic rings. The molecule has 0 amide bonds. The van der Waals surface area contributed by atoms with Crippen molar-refractivity contribution in [1.82, 2.24) is 13.6 Å². The van der Waals surface area contributed by atoms with E-state index < -0.39 is 10.2 Å². The smallest absolute Gasteiger partial charge is 0.282 e. The highest BCUT2D eigenvalue weighted by Crippen LogP contribution is 2.36. The fourth-order valence-corrected chi connectivity index (χ4v) is 4.50. The van der Waals surface area contributed by atoms with Crippen molar-refractivity contribution in [3.8, 4) is 0 Å². The van der Waals surface area contributed by atoms with Crippen molar-refractivity contribution >= 4 is 10.2 Å². The SMILES string of the molecule is Cc1ccc([C@H]2CCCN2S(=O)(=O)N(C)Cc2ccncc2)o1. The zero-order chi connectivity index (χ0) is 16.4. The van der Waals surface area contributed by atoms with E-state index in [1.165, 1.54) is 4.31 Å². The van der Waals surface area contributed by atoms with Crippen LogP contribution in [-0.4, -0.2) is 35.6 Å². The first kappa shape index (κ1) is 16.2. The number of aryl methyl sites for hydroxylation is 1. The molecule has 1 aliphatic heterocycles. The van der Waals surface area contributed by atoms with Crippen LogP contribution in [0.4, 0.5) is 0 Å². The molecule has 0 N–H and O–H groups in total. The summed E-state index contributed by atoms with van der Waals surface area (Å²) < 4.78 is 34.4. The van der Waals surface area contributed by atoms with Crippen LogP contribution in [0.5, 0.6) is 0 Å². The quantitative estimate of drug-likeness (QED) is 0.842. The lowest BCUT2D eigenvalue weighted by Gasteiger charge is -2.28. The van der Waals surface area contributed by atoms with Gasteiger partial charge in [-0.3, -0.25) is 4.98 Å². The molecule has 23 heavy (non-hydrogen) atoms. The molecular formula is C16H21N3O3S. The van der Waals surface area contributed by atoms with Gasteiger partial charge in [-0.1, -0.05) is 0 Å². The van der Waals surface area contributed by atoms with Crippen LogP contribution in [-0.2, 0) is 16.8 Å². The molecule has 2 aromatic rings. The van der Waals surface area contributed by atoms with Crippen LogP contribution in [0.15, 0.2) is 41.1 Å². The molecule has 0 aromatic carbocycles. The van der Waals surface area contributed by atoms with Gasteiger partial charge in [0.2, 0.25) is 0 Å². The second kappa shape index (κ2) is 6.43. The first-order valence-electron chi connectivity index (χ1n) is 7.67. The first-order chi connectivity index (χ1) is 11.0. The van der Waals surface area contributed by atoms with Gasteiger partial charge >= 0.3 is 0 Å². The standard InChI is InChI=1S/C16H21N3O3S/c1-13-5-6-16(22-13)15-4-3-11-19(15)23(20,21)18(2)12-14-7-9-17-10-8-14/h5-10,15H,3-4,11-12H2,1-2H3/t15-/m1/s1. The fraction of sp³-hybridized carbons (Fsp3) is 0.438. The number of rotatable bonds is 5. The number of hydrogen-bond donors (Lipinski definition) is 0. The molecule has 3 heterocycles. The highest BCUT2D eigenvalue weighted by molar-refractivity contribution is 7.86. The van der Waals surface area contributed by atoms with Gasteiger partial charge in [-0.25, -0.2) is 0 Å². The van der Waals surface area contributed by atoms with E-state index in [2.05, 4.69) is 4.98 Å². The molecule has 0 bridgehead atoms. The molecule has 3 rings (SSSR count). The predicted octanol–water partition coefficient (Wildman–Crippen LogP) is 2.50. The fourth-order valence-electron chi connectivity index (χ4n) is 2.94. The minimum Gasteiger partial charge on any atom is -0.465 e. The normalized spacial score (nSPS) is 19.5. The van der Waals surface area contributed by atoms with Crippen molar-refractivity contribution in [2.75, 3.05) is 13.6 Å². The number of furan rings is 1. The lowest BCUT2D eigenvalue weighted by molar-refractivity contribution is 0.308. The van der Waals surface area contributed by atoms with Crippen LogP contribution in [0.1, 0.15) is 36.0 Å². The molecule has 7 heteroatoms. The largest absolute Gasteiger partial charge is 0.465 e. The van der Waals surface area contributed by atoms with Crippen LogP contribution in [0.3, 0.4) is 0 Å².